The predicted molar refractivity (Wildman–Crippen MR) is 73.3 cm³/mol. The molecule has 20 heavy (non-hydrogen) atoms. The lowest BCUT2D eigenvalue weighted by molar-refractivity contribution is 0.0928. The highest BCUT2D eigenvalue weighted by molar-refractivity contribution is 6.33. The summed E-state index contributed by atoms with van der Waals surface area (Å²) < 4.78 is 19.1. The maximum Gasteiger partial charge on any atom is 0.256 e. The zero-order valence-electron chi connectivity index (χ0n) is 10.7. The second-order valence-electron chi connectivity index (χ2n) is 4.81. The van der Waals surface area contributed by atoms with Gasteiger partial charge in [-0.05, 0) is 31.0 Å². The summed E-state index contributed by atoms with van der Waals surface area (Å²) in [7, 11) is 0. The highest BCUT2D eigenvalue weighted by Gasteiger charge is 2.26. The first-order valence-electron chi connectivity index (χ1n) is 6.48. The van der Waals surface area contributed by atoms with Gasteiger partial charge in [0.2, 0.25) is 0 Å². The number of fused-ring (bicyclic) bond motifs is 1. The molecule has 1 N–H and O–H groups in total. The van der Waals surface area contributed by atoms with E-state index < -0.39 is 11.7 Å². The number of carbonyl (C=O) groups excluding carboxylic acids is 1. The van der Waals surface area contributed by atoms with Gasteiger partial charge >= 0.3 is 0 Å². The summed E-state index contributed by atoms with van der Waals surface area (Å²) >= 11 is 5.90. The van der Waals surface area contributed by atoms with Crippen LogP contribution in [0.1, 0.15) is 40.6 Å². The molecule has 3 rings (SSSR count). The molecule has 0 bridgehead atoms. The van der Waals surface area contributed by atoms with E-state index in [2.05, 4.69) is 5.32 Å². The van der Waals surface area contributed by atoms with Crippen molar-refractivity contribution < 1.29 is 13.6 Å². The molecule has 0 unspecified atom stereocenters. The molecule has 1 atom stereocenters. The van der Waals surface area contributed by atoms with E-state index in [4.69, 9.17) is 16.0 Å². The number of hydrogen-bond acceptors (Lipinski definition) is 2. The summed E-state index contributed by atoms with van der Waals surface area (Å²) in [5, 5.41) is 2.95. The van der Waals surface area contributed by atoms with Gasteiger partial charge in [-0.2, -0.15) is 0 Å². The first-order chi connectivity index (χ1) is 9.66. The molecule has 0 saturated carbocycles. The molecule has 1 amide bonds. The molecule has 0 saturated heterocycles. The van der Waals surface area contributed by atoms with Crippen LogP contribution in [-0.2, 0) is 6.42 Å². The Morgan fingerprint density at radius 2 is 2.25 bits per heavy atom. The van der Waals surface area contributed by atoms with Gasteiger partial charge in [-0.3, -0.25) is 4.79 Å². The van der Waals surface area contributed by atoms with Gasteiger partial charge < -0.3 is 9.73 Å². The molecule has 1 aromatic heterocycles. The molecule has 3 nitrogen and oxygen atoms in total. The fourth-order valence-corrected chi connectivity index (χ4v) is 2.83. The van der Waals surface area contributed by atoms with E-state index >= 15 is 0 Å². The van der Waals surface area contributed by atoms with Crippen molar-refractivity contribution in [1.29, 1.82) is 0 Å². The van der Waals surface area contributed by atoms with Gasteiger partial charge in [0.25, 0.3) is 5.91 Å². The molecular formula is C15H13ClFNO2. The number of benzene rings is 1. The number of furan rings is 1. The lowest BCUT2D eigenvalue weighted by atomic mass is 9.93. The fourth-order valence-electron chi connectivity index (χ4n) is 2.58. The number of rotatable bonds is 2. The zero-order valence-corrected chi connectivity index (χ0v) is 11.4. The first kappa shape index (κ1) is 13.2. The lowest BCUT2D eigenvalue weighted by Crippen LogP contribution is -2.31. The Balaban J connectivity index is 1.85. The number of halogens is 2. The van der Waals surface area contributed by atoms with E-state index in [0.717, 1.165) is 30.6 Å². The van der Waals surface area contributed by atoms with E-state index in [-0.39, 0.29) is 16.6 Å². The van der Waals surface area contributed by atoms with Gasteiger partial charge in [0.15, 0.2) is 0 Å². The highest BCUT2D eigenvalue weighted by Crippen LogP contribution is 2.31. The number of carbonyl (C=O) groups is 1. The molecule has 5 heteroatoms. The number of aryl methyl sites for hydroxylation is 1. The van der Waals surface area contributed by atoms with Gasteiger partial charge in [-0.1, -0.05) is 17.7 Å². The van der Waals surface area contributed by atoms with Crippen molar-refractivity contribution in [2.45, 2.75) is 25.3 Å². The van der Waals surface area contributed by atoms with Crippen molar-refractivity contribution in [3.05, 3.63) is 58.3 Å². The van der Waals surface area contributed by atoms with Crippen molar-refractivity contribution in [1.82, 2.24) is 5.32 Å². The molecule has 0 aliphatic heterocycles. The van der Waals surface area contributed by atoms with Gasteiger partial charge in [0, 0.05) is 12.0 Å². The smallest absolute Gasteiger partial charge is 0.256 e. The van der Waals surface area contributed by atoms with Gasteiger partial charge in [0.05, 0.1) is 22.9 Å². The van der Waals surface area contributed by atoms with Crippen molar-refractivity contribution in [2.75, 3.05) is 0 Å². The van der Waals surface area contributed by atoms with Crippen molar-refractivity contribution in [3.8, 4) is 0 Å². The first-order valence-corrected chi connectivity index (χ1v) is 6.86. The second kappa shape index (κ2) is 5.29. The van der Waals surface area contributed by atoms with Gasteiger partial charge in [-0.15, -0.1) is 0 Å². The predicted octanol–water partition coefficient (Wildman–Crippen LogP) is 3.88. The molecule has 0 spiro atoms. The van der Waals surface area contributed by atoms with Crippen LogP contribution in [0.2, 0.25) is 5.02 Å². The van der Waals surface area contributed by atoms with E-state index in [1.807, 2.05) is 6.07 Å². The van der Waals surface area contributed by atoms with Crippen molar-refractivity contribution in [3.63, 3.8) is 0 Å². The van der Waals surface area contributed by atoms with Crippen molar-refractivity contribution in [2.24, 2.45) is 0 Å². The SMILES string of the molecule is O=C(N[C@H]1CCCc2occc21)c1c(F)cccc1Cl. The Hall–Kier alpha value is -1.81. The third kappa shape index (κ3) is 2.31. The van der Waals surface area contributed by atoms with Crippen LogP contribution in [0.15, 0.2) is 34.9 Å². The largest absolute Gasteiger partial charge is 0.469 e. The Bertz CT molecular complexity index is 633. The monoisotopic (exact) mass is 293 g/mol. The quantitative estimate of drug-likeness (QED) is 0.913. The minimum Gasteiger partial charge on any atom is -0.469 e. The maximum absolute atomic E-state index is 13.7. The lowest BCUT2D eigenvalue weighted by Gasteiger charge is -2.23. The number of amides is 1. The molecule has 1 aliphatic rings. The maximum atomic E-state index is 13.7. The van der Waals surface area contributed by atoms with E-state index in [9.17, 15) is 9.18 Å². The van der Waals surface area contributed by atoms with Crippen LogP contribution < -0.4 is 5.32 Å². The van der Waals surface area contributed by atoms with Crippen LogP contribution in [0.4, 0.5) is 4.39 Å². The molecule has 1 aromatic carbocycles. The minimum atomic E-state index is -0.613. The highest BCUT2D eigenvalue weighted by atomic mass is 35.5. The number of nitrogens with one attached hydrogen (secondary N) is 1. The topological polar surface area (TPSA) is 42.2 Å². The molecule has 1 heterocycles. The van der Waals surface area contributed by atoms with E-state index in [1.54, 1.807) is 6.26 Å². The normalized spacial score (nSPS) is 17.6. The van der Waals surface area contributed by atoms with Crippen LogP contribution in [-0.4, -0.2) is 5.91 Å². The average molecular weight is 294 g/mol. The third-order valence-electron chi connectivity index (χ3n) is 3.55. The second-order valence-corrected chi connectivity index (χ2v) is 5.22. The summed E-state index contributed by atoms with van der Waals surface area (Å²) in [6.45, 7) is 0. The Morgan fingerprint density at radius 3 is 3.05 bits per heavy atom. The van der Waals surface area contributed by atoms with Crippen LogP contribution in [0.5, 0.6) is 0 Å². The molecule has 0 fully saturated rings. The summed E-state index contributed by atoms with van der Waals surface area (Å²) in [4.78, 5) is 12.2. The van der Waals surface area contributed by atoms with E-state index in [1.165, 1.54) is 18.2 Å². The Morgan fingerprint density at radius 1 is 1.40 bits per heavy atom. The summed E-state index contributed by atoms with van der Waals surface area (Å²) in [6, 6.07) is 5.90. The standard InChI is InChI=1S/C15H13ClFNO2/c16-10-3-1-4-11(17)14(10)15(19)18-12-5-2-6-13-9(12)7-8-20-13/h1,3-4,7-8,12H,2,5-6H2,(H,18,19)/t12-/m0/s1. The van der Waals surface area contributed by atoms with Gasteiger partial charge in [0.1, 0.15) is 11.6 Å². The fraction of sp³-hybridized carbons (Fsp3) is 0.267. The Kier molecular flexibility index (Phi) is 3.49. The summed E-state index contributed by atoms with van der Waals surface area (Å²) in [5.41, 5.74) is 0.863. The minimum absolute atomic E-state index is 0.107. The van der Waals surface area contributed by atoms with Crippen molar-refractivity contribution >= 4 is 17.5 Å². The third-order valence-corrected chi connectivity index (χ3v) is 3.86. The van der Waals surface area contributed by atoms with Crippen LogP contribution in [0.25, 0.3) is 0 Å². The molecular weight excluding hydrogens is 281 g/mol. The van der Waals surface area contributed by atoms with E-state index in [0.29, 0.717) is 0 Å². The van der Waals surface area contributed by atoms with Crippen LogP contribution in [0, 0.1) is 5.82 Å². The molecule has 0 radical (unpaired) electrons. The molecule has 104 valence electrons. The van der Waals surface area contributed by atoms with Gasteiger partial charge in [-0.25, -0.2) is 4.39 Å². The zero-order chi connectivity index (χ0) is 14.1. The summed E-state index contributed by atoms with van der Waals surface area (Å²) in [6.07, 6.45) is 4.22. The summed E-state index contributed by atoms with van der Waals surface area (Å²) in [5.74, 6) is -0.216. The molecule has 2 aromatic rings. The average Bonchev–Trinajstić information content (AvgIpc) is 2.88. The Labute approximate surface area is 120 Å². The van der Waals surface area contributed by atoms with Crippen LogP contribution >= 0.6 is 11.6 Å². The van der Waals surface area contributed by atoms with Crippen LogP contribution in [0.3, 0.4) is 0 Å². The molecule has 1 aliphatic carbocycles. The number of hydrogen-bond donors (Lipinski definition) is 1.